The Morgan fingerprint density at radius 1 is 1.24 bits per heavy atom. The van der Waals surface area contributed by atoms with E-state index in [9.17, 15) is 9.59 Å². The molecule has 0 saturated carbocycles. The number of nitrogens with one attached hydrogen (secondary N) is 1. The van der Waals surface area contributed by atoms with E-state index < -0.39 is 5.97 Å². The average molecular weight is 291 g/mol. The lowest BCUT2D eigenvalue weighted by atomic mass is 10.0. The van der Waals surface area contributed by atoms with Gasteiger partial charge >= 0.3 is 12.0 Å². The highest BCUT2D eigenvalue weighted by molar-refractivity contribution is 5.91. The lowest BCUT2D eigenvalue weighted by Crippen LogP contribution is -2.46. The highest BCUT2D eigenvalue weighted by Crippen LogP contribution is 2.16. The highest BCUT2D eigenvalue weighted by atomic mass is 16.4. The molecule has 1 heterocycles. The van der Waals surface area contributed by atoms with Crippen molar-refractivity contribution >= 4 is 17.7 Å². The van der Waals surface area contributed by atoms with Crippen LogP contribution in [0.15, 0.2) is 24.3 Å². The molecule has 2 amide bonds. The van der Waals surface area contributed by atoms with Crippen LogP contribution in [0.25, 0.3) is 0 Å². The van der Waals surface area contributed by atoms with Crippen LogP contribution < -0.4 is 5.32 Å². The molecule has 1 aliphatic rings. The maximum atomic E-state index is 12.2. The first-order valence-corrected chi connectivity index (χ1v) is 7.03. The minimum Gasteiger partial charge on any atom is -0.478 e. The van der Waals surface area contributed by atoms with Gasteiger partial charge in [0.2, 0.25) is 0 Å². The number of carboxylic acid groups (broad SMARTS) is 1. The maximum absolute atomic E-state index is 12.2. The van der Waals surface area contributed by atoms with Crippen LogP contribution in [0.4, 0.5) is 10.5 Å². The fraction of sp³-hybridized carbons (Fsp3) is 0.467. The van der Waals surface area contributed by atoms with Crippen molar-refractivity contribution in [2.45, 2.75) is 18.9 Å². The van der Waals surface area contributed by atoms with Crippen LogP contribution >= 0.6 is 0 Å². The van der Waals surface area contributed by atoms with Crippen molar-refractivity contribution in [1.29, 1.82) is 0 Å². The number of benzene rings is 1. The predicted molar refractivity (Wildman–Crippen MR) is 80.7 cm³/mol. The number of likely N-dealkylation sites (tertiary alicyclic amines) is 1. The van der Waals surface area contributed by atoms with Crippen molar-refractivity contribution in [3.8, 4) is 0 Å². The number of aromatic carboxylic acids is 1. The minimum atomic E-state index is -0.976. The molecule has 0 atom stereocenters. The number of rotatable bonds is 3. The molecule has 1 aromatic rings. The van der Waals surface area contributed by atoms with Gasteiger partial charge in [0, 0.05) is 18.8 Å². The van der Waals surface area contributed by atoms with E-state index in [1.807, 2.05) is 0 Å². The normalized spacial score (nSPS) is 16.5. The first-order chi connectivity index (χ1) is 9.97. The Kier molecular flexibility index (Phi) is 4.80. The number of urea groups is 1. The summed E-state index contributed by atoms with van der Waals surface area (Å²) in [6.07, 6.45) is 1.94. The number of amides is 2. The summed E-state index contributed by atoms with van der Waals surface area (Å²) in [5, 5.41) is 11.6. The van der Waals surface area contributed by atoms with Gasteiger partial charge in [0.15, 0.2) is 0 Å². The summed E-state index contributed by atoms with van der Waals surface area (Å²) in [5.41, 5.74) is 0.807. The molecule has 1 aromatic carbocycles. The highest BCUT2D eigenvalue weighted by Gasteiger charge is 2.23. The average Bonchev–Trinajstić information content (AvgIpc) is 2.47. The number of hydrogen-bond donors (Lipinski definition) is 2. The molecule has 0 bridgehead atoms. The van der Waals surface area contributed by atoms with Crippen LogP contribution in [0, 0.1) is 0 Å². The molecular formula is C15H21N3O3. The fourth-order valence-corrected chi connectivity index (χ4v) is 2.46. The first kappa shape index (κ1) is 15.3. The van der Waals surface area contributed by atoms with Crippen LogP contribution in [0.2, 0.25) is 0 Å². The van der Waals surface area contributed by atoms with Crippen molar-refractivity contribution in [2.75, 3.05) is 32.5 Å². The number of piperidine rings is 1. The van der Waals surface area contributed by atoms with E-state index >= 15 is 0 Å². The van der Waals surface area contributed by atoms with Gasteiger partial charge in [0.1, 0.15) is 0 Å². The maximum Gasteiger partial charge on any atom is 0.335 e. The van der Waals surface area contributed by atoms with Crippen LogP contribution in [0.1, 0.15) is 23.2 Å². The van der Waals surface area contributed by atoms with Gasteiger partial charge in [-0.3, -0.25) is 0 Å². The number of carbonyl (C=O) groups is 2. The Bertz CT molecular complexity index is 507. The Morgan fingerprint density at radius 2 is 1.81 bits per heavy atom. The summed E-state index contributed by atoms with van der Waals surface area (Å²) in [7, 11) is 3.89. The van der Waals surface area contributed by atoms with Gasteiger partial charge in [-0.05, 0) is 57.2 Å². The zero-order chi connectivity index (χ0) is 15.4. The van der Waals surface area contributed by atoms with Crippen molar-refractivity contribution in [3.63, 3.8) is 0 Å². The van der Waals surface area contributed by atoms with E-state index in [-0.39, 0.29) is 17.6 Å². The second-order valence-electron chi connectivity index (χ2n) is 5.46. The lowest BCUT2D eigenvalue weighted by molar-refractivity contribution is 0.0697. The van der Waals surface area contributed by atoms with Gasteiger partial charge in [0.05, 0.1) is 5.56 Å². The second kappa shape index (κ2) is 6.58. The van der Waals surface area contributed by atoms with Crippen molar-refractivity contribution in [3.05, 3.63) is 29.8 Å². The van der Waals surface area contributed by atoms with Gasteiger partial charge in [-0.2, -0.15) is 0 Å². The molecule has 1 aliphatic heterocycles. The topological polar surface area (TPSA) is 72.9 Å². The van der Waals surface area contributed by atoms with Gasteiger partial charge in [-0.25, -0.2) is 9.59 Å². The second-order valence-corrected chi connectivity index (χ2v) is 5.46. The van der Waals surface area contributed by atoms with E-state index in [1.165, 1.54) is 12.1 Å². The van der Waals surface area contributed by atoms with Gasteiger partial charge < -0.3 is 20.2 Å². The monoisotopic (exact) mass is 291 g/mol. The SMILES string of the molecule is CN1CCC(N(C)C(=O)Nc2ccc(C(=O)O)cc2)CC1. The van der Waals surface area contributed by atoms with Crippen LogP contribution in [-0.2, 0) is 0 Å². The Labute approximate surface area is 124 Å². The third-order valence-electron chi connectivity index (χ3n) is 3.94. The smallest absolute Gasteiger partial charge is 0.335 e. The van der Waals surface area contributed by atoms with Crippen LogP contribution in [0.5, 0.6) is 0 Å². The molecule has 0 aromatic heterocycles. The number of carbonyl (C=O) groups excluding carboxylic acids is 1. The summed E-state index contributed by atoms with van der Waals surface area (Å²) >= 11 is 0. The molecule has 114 valence electrons. The molecule has 6 heteroatoms. The van der Waals surface area contributed by atoms with Gasteiger partial charge in [-0.15, -0.1) is 0 Å². The van der Waals surface area contributed by atoms with Crippen molar-refractivity contribution in [2.24, 2.45) is 0 Å². The minimum absolute atomic E-state index is 0.160. The third kappa shape index (κ3) is 3.95. The molecule has 1 fully saturated rings. The summed E-state index contributed by atoms with van der Waals surface area (Å²) in [6, 6.07) is 6.25. The molecule has 2 N–H and O–H groups in total. The predicted octanol–water partition coefficient (Wildman–Crippen LogP) is 1.94. The summed E-state index contributed by atoms with van der Waals surface area (Å²) in [4.78, 5) is 27.0. The molecule has 1 saturated heterocycles. The molecule has 2 rings (SSSR count). The van der Waals surface area contributed by atoms with E-state index in [1.54, 1.807) is 24.1 Å². The quantitative estimate of drug-likeness (QED) is 0.892. The molecular weight excluding hydrogens is 270 g/mol. The molecule has 0 aliphatic carbocycles. The third-order valence-corrected chi connectivity index (χ3v) is 3.94. The Hall–Kier alpha value is -2.08. The van der Waals surface area contributed by atoms with Crippen molar-refractivity contribution < 1.29 is 14.7 Å². The number of anilines is 1. The summed E-state index contributed by atoms with van der Waals surface area (Å²) in [5.74, 6) is -0.976. The number of nitrogens with zero attached hydrogens (tertiary/aromatic N) is 2. The van der Waals surface area contributed by atoms with Crippen molar-refractivity contribution in [1.82, 2.24) is 9.80 Å². The van der Waals surface area contributed by atoms with Crippen LogP contribution in [0.3, 0.4) is 0 Å². The summed E-state index contributed by atoms with van der Waals surface area (Å²) < 4.78 is 0. The molecule has 0 spiro atoms. The Balaban J connectivity index is 1.92. The van der Waals surface area contributed by atoms with E-state index in [0.717, 1.165) is 25.9 Å². The van der Waals surface area contributed by atoms with E-state index in [0.29, 0.717) is 5.69 Å². The largest absolute Gasteiger partial charge is 0.478 e. The zero-order valence-electron chi connectivity index (χ0n) is 12.4. The molecule has 21 heavy (non-hydrogen) atoms. The number of carboxylic acids is 1. The number of hydrogen-bond acceptors (Lipinski definition) is 3. The molecule has 0 radical (unpaired) electrons. The van der Waals surface area contributed by atoms with E-state index in [4.69, 9.17) is 5.11 Å². The standard InChI is InChI=1S/C15H21N3O3/c1-17-9-7-13(8-10-17)18(2)15(21)16-12-5-3-11(4-6-12)14(19)20/h3-6,13H,7-10H2,1-2H3,(H,16,21)(H,19,20). The fourth-order valence-electron chi connectivity index (χ4n) is 2.46. The zero-order valence-corrected chi connectivity index (χ0v) is 12.4. The van der Waals surface area contributed by atoms with Gasteiger partial charge in [0.25, 0.3) is 0 Å². The van der Waals surface area contributed by atoms with E-state index in [2.05, 4.69) is 17.3 Å². The molecule has 0 unspecified atom stereocenters. The molecule has 6 nitrogen and oxygen atoms in total. The first-order valence-electron chi connectivity index (χ1n) is 7.03. The lowest BCUT2D eigenvalue weighted by Gasteiger charge is -2.35. The summed E-state index contributed by atoms with van der Waals surface area (Å²) in [6.45, 7) is 1.99. The van der Waals surface area contributed by atoms with Gasteiger partial charge in [-0.1, -0.05) is 0 Å². The Morgan fingerprint density at radius 3 is 2.33 bits per heavy atom. The van der Waals surface area contributed by atoms with Crippen LogP contribution in [-0.4, -0.2) is 60.1 Å².